The Kier molecular flexibility index (Phi) is 6.64. The van der Waals surface area contributed by atoms with Gasteiger partial charge < -0.3 is 19.7 Å². The summed E-state index contributed by atoms with van der Waals surface area (Å²) in [5.41, 5.74) is -0.609. The highest BCUT2D eigenvalue weighted by Crippen LogP contribution is 2.14. The van der Waals surface area contributed by atoms with Gasteiger partial charge in [-0.15, -0.1) is 0 Å². The molecule has 2 amide bonds. The number of alkyl carbamates (subject to hydrolysis) is 1. The number of amides is 2. The van der Waals surface area contributed by atoms with E-state index in [9.17, 15) is 14.4 Å². The van der Waals surface area contributed by atoms with E-state index in [0.717, 1.165) is 12.8 Å². The lowest BCUT2D eigenvalue weighted by Gasteiger charge is -2.26. The predicted octanol–water partition coefficient (Wildman–Crippen LogP) is 1.46. The van der Waals surface area contributed by atoms with Crippen LogP contribution >= 0.6 is 0 Å². The van der Waals surface area contributed by atoms with Crippen molar-refractivity contribution >= 4 is 18.0 Å². The van der Waals surface area contributed by atoms with Gasteiger partial charge in [-0.05, 0) is 40.0 Å². The molecule has 1 atom stereocenters. The molecule has 0 radical (unpaired) electrons. The van der Waals surface area contributed by atoms with Crippen LogP contribution in [0.4, 0.5) is 4.79 Å². The van der Waals surface area contributed by atoms with Crippen molar-refractivity contribution in [1.82, 2.24) is 10.2 Å². The van der Waals surface area contributed by atoms with Gasteiger partial charge in [-0.3, -0.25) is 9.59 Å². The lowest BCUT2D eigenvalue weighted by atomic mass is 10.1. The summed E-state index contributed by atoms with van der Waals surface area (Å²) in [6.45, 7) is 6.19. The number of hydrogen-bond acceptors (Lipinski definition) is 5. The summed E-state index contributed by atoms with van der Waals surface area (Å²) in [6.07, 6.45) is 1.81. The minimum atomic E-state index is -0.609. The molecule has 7 heteroatoms. The zero-order valence-electron chi connectivity index (χ0n) is 13.8. The fourth-order valence-corrected chi connectivity index (χ4v) is 2.24. The minimum Gasteiger partial charge on any atom is -0.469 e. The number of likely N-dealkylation sites (tertiary alicyclic amines) is 1. The SMILES string of the molecule is COC(=O)CCN1CCCCC(NC(=O)OC(C)(C)C)C1=O. The van der Waals surface area contributed by atoms with Gasteiger partial charge in [-0.2, -0.15) is 0 Å². The molecule has 1 fully saturated rings. The topological polar surface area (TPSA) is 84.9 Å². The molecule has 1 N–H and O–H groups in total. The maximum absolute atomic E-state index is 12.5. The first kappa shape index (κ1) is 18.3. The molecule has 1 heterocycles. The third-order valence-electron chi connectivity index (χ3n) is 3.29. The largest absolute Gasteiger partial charge is 0.469 e. The molecule has 0 aromatic rings. The average molecular weight is 314 g/mol. The van der Waals surface area contributed by atoms with Crippen LogP contribution in [0.2, 0.25) is 0 Å². The molecule has 0 aliphatic carbocycles. The molecule has 22 heavy (non-hydrogen) atoms. The van der Waals surface area contributed by atoms with Crippen molar-refractivity contribution in [3.63, 3.8) is 0 Å². The van der Waals surface area contributed by atoms with Gasteiger partial charge in [0.2, 0.25) is 5.91 Å². The number of ether oxygens (including phenoxy) is 2. The first-order chi connectivity index (χ1) is 10.2. The summed E-state index contributed by atoms with van der Waals surface area (Å²) in [4.78, 5) is 37.1. The van der Waals surface area contributed by atoms with E-state index in [0.29, 0.717) is 19.5 Å². The molecule has 1 unspecified atom stereocenters. The molecule has 0 aromatic carbocycles. The third kappa shape index (κ3) is 6.32. The number of methoxy groups -OCH3 is 1. The van der Waals surface area contributed by atoms with Crippen molar-refractivity contribution in [2.75, 3.05) is 20.2 Å². The minimum absolute atomic E-state index is 0.154. The van der Waals surface area contributed by atoms with Crippen LogP contribution in [0.3, 0.4) is 0 Å². The number of carbonyl (C=O) groups excluding carboxylic acids is 3. The van der Waals surface area contributed by atoms with Crippen molar-refractivity contribution in [3.05, 3.63) is 0 Å². The summed E-state index contributed by atoms with van der Waals surface area (Å²) in [6, 6.07) is -0.602. The van der Waals surface area contributed by atoms with E-state index in [2.05, 4.69) is 10.1 Å². The maximum atomic E-state index is 12.5. The molecule has 1 aliphatic rings. The highest BCUT2D eigenvalue weighted by atomic mass is 16.6. The summed E-state index contributed by atoms with van der Waals surface area (Å²) in [5.74, 6) is -0.527. The first-order valence-corrected chi connectivity index (χ1v) is 7.58. The quantitative estimate of drug-likeness (QED) is 0.794. The van der Waals surface area contributed by atoms with Crippen molar-refractivity contribution in [3.8, 4) is 0 Å². The summed E-state index contributed by atoms with van der Waals surface area (Å²) >= 11 is 0. The van der Waals surface area contributed by atoms with Crippen LogP contribution in [0.15, 0.2) is 0 Å². The Labute approximate surface area is 131 Å². The van der Waals surface area contributed by atoms with Crippen LogP contribution in [-0.2, 0) is 19.1 Å². The normalized spacial score (nSPS) is 19.4. The van der Waals surface area contributed by atoms with E-state index in [1.54, 1.807) is 25.7 Å². The standard InChI is InChI=1S/C15H26N2O5/c1-15(2,3)22-14(20)16-11-7-5-6-9-17(13(11)19)10-8-12(18)21-4/h11H,5-10H2,1-4H3,(H,16,20). The summed E-state index contributed by atoms with van der Waals surface area (Å²) < 4.78 is 9.77. The molecule has 0 saturated carbocycles. The van der Waals surface area contributed by atoms with Gasteiger partial charge in [0, 0.05) is 13.1 Å². The zero-order valence-corrected chi connectivity index (χ0v) is 13.8. The van der Waals surface area contributed by atoms with Crippen LogP contribution in [0, 0.1) is 0 Å². The molecule has 1 aliphatic heterocycles. The van der Waals surface area contributed by atoms with E-state index in [-0.39, 0.29) is 18.3 Å². The molecule has 0 bridgehead atoms. The number of hydrogen-bond donors (Lipinski definition) is 1. The molecule has 7 nitrogen and oxygen atoms in total. The number of nitrogens with zero attached hydrogens (tertiary/aromatic N) is 1. The van der Waals surface area contributed by atoms with E-state index >= 15 is 0 Å². The second kappa shape index (κ2) is 8.00. The predicted molar refractivity (Wildman–Crippen MR) is 80.2 cm³/mol. The lowest BCUT2D eigenvalue weighted by molar-refractivity contribution is -0.142. The van der Waals surface area contributed by atoms with E-state index in [4.69, 9.17) is 4.74 Å². The molecular formula is C15H26N2O5. The van der Waals surface area contributed by atoms with Crippen molar-refractivity contribution in [2.24, 2.45) is 0 Å². The number of rotatable bonds is 4. The average Bonchev–Trinajstić information content (AvgIpc) is 2.57. The Balaban J connectivity index is 2.60. The Morgan fingerprint density at radius 3 is 2.59 bits per heavy atom. The van der Waals surface area contributed by atoms with Crippen LogP contribution in [0.25, 0.3) is 0 Å². The summed E-state index contributed by atoms with van der Waals surface area (Å²) in [5, 5.41) is 2.63. The van der Waals surface area contributed by atoms with Gasteiger partial charge in [-0.25, -0.2) is 4.79 Å². The highest BCUT2D eigenvalue weighted by Gasteiger charge is 2.29. The van der Waals surface area contributed by atoms with Gasteiger partial charge in [0.1, 0.15) is 11.6 Å². The van der Waals surface area contributed by atoms with Crippen molar-refractivity contribution in [2.45, 2.75) is 58.1 Å². The fourth-order valence-electron chi connectivity index (χ4n) is 2.24. The van der Waals surface area contributed by atoms with Gasteiger partial charge in [0.25, 0.3) is 0 Å². The Hall–Kier alpha value is -1.79. The molecule has 1 rings (SSSR count). The van der Waals surface area contributed by atoms with Crippen LogP contribution in [-0.4, -0.2) is 54.7 Å². The van der Waals surface area contributed by atoms with Crippen LogP contribution in [0.1, 0.15) is 46.5 Å². The lowest BCUT2D eigenvalue weighted by Crippen LogP contribution is -2.49. The molecule has 1 saturated heterocycles. The van der Waals surface area contributed by atoms with E-state index in [1.807, 2.05) is 0 Å². The van der Waals surface area contributed by atoms with Crippen molar-refractivity contribution < 1.29 is 23.9 Å². The van der Waals surface area contributed by atoms with Crippen LogP contribution < -0.4 is 5.32 Å². The van der Waals surface area contributed by atoms with E-state index in [1.165, 1.54) is 7.11 Å². The van der Waals surface area contributed by atoms with Gasteiger partial charge in [-0.1, -0.05) is 0 Å². The number of esters is 1. The van der Waals surface area contributed by atoms with Gasteiger partial charge >= 0.3 is 12.1 Å². The van der Waals surface area contributed by atoms with E-state index < -0.39 is 17.7 Å². The van der Waals surface area contributed by atoms with Crippen LogP contribution in [0.5, 0.6) is 0 Å². The molecule has 0 aromatic heterocycles. The Bertz CT molecular complexity index is 417. The van der Waals surface area contributed by atoms with Gasteiger partial charge in [0.15, 0.2) is 0 Å². The zero-order chi connectivity index (χ0) is 16.8. The monoisotopic (exact) mass is 314 g/mol. The smallest absolute Gasteiger partial charge is 0.408 e. The maximum Gasteiger partial charge on any atom is 0.408 e. The fraction of sp³-hybridized carbons (Fsp3) is 0.800. The number of carbonyl (C=O) groups is 3. The molecule has 0 spiro atoms. The summed E-state index contributed by atoms with van der Waals surface area (Å²) in [7, 11) is 1.32. The van der Waals surface area contributed by atoms with Crippen molar-refractivity contribution in [1.29, 1.82) is 0 Å². The Morgan fingerprint density at radius 2 is 2.00 bits per heavy atom. The second-order valence-electron chi connectivity index (χ2n) is 6.35. The Morgan fingerprint density at radius 1 is 1.32 bits per heavy atom. The molecule has 126 valence electrons. The third-order valence-corrected chi connectivity index (χ3v) is 3.29. The second-order valence-corrected chi connectivity index (χ2v) is 6.35. The molecular weight excluding hydrogens is 288 g/mol. The number of nitrogens with one attached hydrogen (secondary N) is 1. The highest BCUT2D eigenvalue weighted by molar-refractivity contribution is 5.86. The van der Waals surface area contributed by atoms with Gasteiger partial charge in [0.05, 0.1) is 13.5 Å². The first-order valence-electron chi connectivity index (χ1n) is 7.58.